The third-order valence-corrected chi connectivity index (χ3v) is 3.09. The third-order valence-electron chi connectivity index (χ3n) is 3.09. The number of aliphatic hydroxyl groups excluding tert-OH is 1. The molecule has 1 rings (SSSR count). The molecule has 0 aromatic heterocycles. The van der Waals surface area contributed by atoms with Gasteiger partial charge in [0.2, 0.25) is 0 Å². The van der Waals surface area contributed by atoms with Gasteiger partial charge in [0.25, 0.3) is 0 Å². The zero-order valence-electron chi connectivity index (χ0n) is 9.72. The van der Waals surface area contributed by atoms with E-state index >= 15 is 0 Å². The molecule has 5 nitrogen and oxygen atoms in total. The van der Waals surface area contributed by atoms with Crippen molar-refractivity contribution >= 4 is 17.5 Å². The summed E-state index contributed by atoms with van der Waals surface area (Å²) in [6.45, 7) is 0. The van der Waals surface area contributed by atoms with Gasteiger partial charge < -0.3 is 10.2 Å². The highest BCUT2D eigenvalue weighted by Gasteiger charge is 2.39. The van der Waals surface area contributed by atoms with Crippen molar-refractivity contribution in [1.82, 2.24) is 0 Å². The van der Waals surface area contributed by atoms with Crippen molar-refractivity contribution in [1.29, 1.82) is 0 Å². The van der Waals surface area contributed by atoms with E-state index in [4.69, 9.17) is 5.11 Å². The molecule has 0 heterocycles. The molecule has 0 aromatic carbocycles. The molecular weight excluding hydrogens is 224 g/mol. The molecular formula is C12H18O5. The maximum Gasteiger partial charge on any atom is 0.303 e. The van der Waals surface area contributed by atoms with Crippen LogP contribution >= 0.6 is 0 Å². The lowest BCUT2D eigenvalue weighted by Gasteiger charge is -2.06. The van der Waals surface area contributed by atoms with Crippen molar-refractivity contribution in [3.63, 3.8) is 0 Å². The van der Waals surface area contributed by atoms with E-state index in [1.807, 2.05) is 0 Å². The summed E-state index contributed by atoms with van der Waals surface area (Å²) in [5.74, 6) is -1.92. The fraction of sp³-hybridized carbons (Fsp3) is 0.750. The quantitative estimate of drug-likeness (QED) is 0.512. The molecule has 0 unspecified atom stereocenters. The lowest BCUT2D eigenvalue weighted by molar-refractivity contribution is -0.137. The van der Waals surface area contributed by atoms with E-state index in [1.165, 1.54) is 0 Å². The molecule has 0 bridgehead atoms. The van der Waals surface area contributed by atoms with Crippen molar-refractivity contribution in [2.75, 3.05) is 0 Å². The standard InChI is InChI=1S/C12H18O5/c13-9-7-10(14)12(17)8(9)5-3-1-2-4-6-11(15)16/h8,10,14H,1-7H2,(H,15,16)/t8-,10+/m0/s1. The number of carboxylic acids is 1. The van der Waals surface area contributed by atoms with Crippen LogP contribution in [0, 0.1) is 5.92 Å². The van der Waals surface area contributed by atoms with Crippen LogP contribution in [0.3, 0.4) is 0 Å². The Balaban J connectivity index is 2.12. The van der Waals surface area contributed by atoms with Gasteiger partial charge in [0.15, 0.2) is 5.78 Å². The molecule has 1 aliphatic carbocycles. The van der Waals surface area contributed by atoms with Crippen LogP contribution in [0.25, 0.3) is 0 Å². The first-order valence-corrected chi connectivity index (χ1v) is 5.98. The summed E-state index contributed by atoms with van der Waals surface area (Å²) in [4.78, 5) is 33.0. The minimum Gasteiger partial charge on any atom is -0.481 e. The van der Waals surface area contributed by atoms with E-state index in [9.17, 15) is 19.5 Å². The average Bonchev–Trinajstić information content (AvgIpc) is 2.48. The van der Waals surface area contributed by atoms with Crippen LogP contribution in [-0.2, 0) is 14.4 Å². The second-order valence-corrected chi connectivity index (χ2v) is 4.49. The molecule has 96 valence electrons. The van der Waals surface area contributed by atoms with Crippen molar-refractivity contribution in [3.05, 3.63) is 0 Å². The highest BCUT2D eigenvalue weighted by molar-refractivity contribution is 6.11. The molecule has 1 saturated carbocycles. The second-order valence-electron chi connectivity index (χ2n) is 4.49. The fourth-order valence-electron chi connectivity index (χ4n) is 2.11. The van der Waals surface area contributed by atoms with Crippen LogP contribution in [0.15, 0.2) is 0 Å². The molecule has 2 atom stereocenters. The number of hydrogen-bond donors (Lipinski definition) is 2. The first-order valence-electron chi connectivity index (χ1n) is 5.98. The van der Waals surface area contributed by atoms with E-state index < -0.39 is 18.0 Å². The number of carboxylic acid groups (broad SMARTS) is 1. The maximum absolute atomic E-state index is 11.4. The molecule has 0 saturated heterocycles. The third kappa shape index (κ3) is 4.26. The molecule has 0 aromatic rings. The topological polar surface area (TPSA) is 91.7 Å². The number of carbonyl (C=O) groups is 3. The number of ketones is 2. The summed E-state index contributed by atoms with van der Waals surface area (Å²) in [6, 6.07) is 0. The summed E-state index contributed by atoms with van der Waals surface area (Å²) in [5, 5.41) is 17.6. The number of rotatable bonds is 7. The summed E-state index contributed by atoms with van der Waals surface area (Å²) in [5.41, 5.74) is 0. The smallest absolute Gasteiger partial charge is 0.303 e. The predicted molar refractivity (Wildman–Crippen MR) is 59.5 cm³/mol. The minimum atomic E-state index is -1.10. The van der Waals surface area contributed by atoms with Crippen LogP contribution in [0.5, 0.6) is 0 Å². The highest BCUT2D eigenvalue weighted by atomic mass is 16.4. The Hall–Kier alpha value is -1.23. The summed E-state index contributed by atoms with van der Waals surface area (Å²) < 4.78 is 0. The van der Waals surface area contributed by atoms with Gasteiger partial charge in [0.05, 0.1) is 5.92 Å². The van der Waals surface area contributed by atoms with E-state index in [0.29, 0.717) is 12.8 Å². The molecule has 1 aliphatic rings. The van der Waals surface area contributed by atoms with Crippen molar-refractivity contribution in [2.45, 2.75) is 51.0 Å². The molecule has 5 heteroatoms. The van der Waals surface area contributed by atoms with Crippen LogP contribution in [0.1, 0.15) is 44.9 Å². The molecule has 0 spiro atoms. The van der Waals surface area contributed by atoms with Gasteiger partial charge in [-0.05, 0) is 12.8 Å². The van der Waals surface area contributed by atoms with E-state index in [-0.39, 0.29) is 24.4 Å². The summed E-state index contributed by atoms with van der Waals surface area (Å²) in [7, 11) is 0. The molecule has 0 aliphatic heterocycles. The van der Waals surface area contributed by atoms with Crippen LogP contribution in [0.2, 0.25) is 0 Å². The lowest BCUT2D eigenvalue weighted by atomic mass is 9.97. The largest absolute Gasteiger partial charge is 0.481 e. The molecule has 0 radical (unpaired) electrons. The van der Waals surface area contributed by atoms with E-state index in [2.05, 4.69) is 0 Å². The molecule has 0 amide bonds. The summed E-state index contributed by atoms with van der Waals surface area (Å²) >= 11 is 0. The van der Waals surface area contributed by atoms with Crippen molar-refractivity contribution in [2.24, 2.45) is 5.92 Å². The van der Waals surface area contributed by atoms with Gasteiger partial charge in [-0.2, -0.15) is 0 Å². The Morgan fingerprint density at radius 1 is 1.18 bits per heavy atom. The Kier molecular flexibility index (Phi) is 5.28. The Bertz CT molecular complexity index is 310. The monoisotopic (exact) mass is 242 g/mol. The van der Waals surface area contributed by atoms with Gasteiger partial charge in [0, 0.05) is 12.8 Å². The van der Waals surface area contributed by atoms with Gasteiger partial charge in [0.1, 0.15) is 11.9 Å². The number of aliphatic carboxylic acids is 1. The van der Waals surface area contributed by atoms with Gasteiger partial charge >= 0.3 is 5.97 Å². The predicted octanol–water partition coefficient (Wildman–Crippen LogP) is 0.931. The number of hydrogen-bond acceptors (Lipinski definition) is 4. The normalized spacial score (nSPS) is 24.3. The van der Waals surface area contributed by atoms with Gasteiger partial charge in [-0.1, -0.05) is 19.3 Å². The first-order chi connectivity index (χ1) is 8.02. The number of carbonyl (C=O) groups excluding carboxylic acids is 2. The summed E-state index contributed by atoms with van der Waals surface area (Å²) in [6.07, 6.45) is 2.49. The van der Waals surface area contributed by atoms with Gasteiger partial charge in [-0.3, -0.25) is 14.4 Å². The number of aliphatic hydroxyl groups is 1. The van der Waals surface area contributed by atoms with Crippen LogP contribution in [-0.4, -0.2) is 33.9 Å². The minimum absolute atomic E-state index is 0.0392. The second kappa shape index (κ2) is 6.49. The lowest BCUT2D eigenvalue weighted by Crippen LogP contribution is -2.19. The first kappa shape index (κ1) is 13.8. The zero-order chi connectivity index (χ0) is 12.8. The van der Waals surface area contributed by atoms with Crippen LogP contribution < -0.4 is 0 Å². The average molecular weight is 242 g/mol. The van der Waals surface area contributed by atoms with E-state index in [1.54, 1.807) is 0 Å². The zero-order valence-corrected chi connectivity index (χ0v) is 9.72. The Morgan fingerprint density at radius 3 is 2.35 bits per heavy atom. The van der Waals surface area contributed by atoms with Crippen molar-refractivity contribution < 1.29 is 24.6 Å². The molecule has 1 fully saturated rings. The SMILES string of the molecule is O=C(O)CCCCCC[C@H]1C(=O)C[C@@H](O)C1=O. The molecule has 17 heavy (non-hydrogen) atoms. The van der Waals surface area contributed by atoms with Gasteiger partial charge in [-0.25, -0.2) is 0 Å². The molecule has 2 N–H and O–H groups in total. The number of Topliss-reactive ketones (excluding diaryl/α,β-unsaturated/α-hetero) is 2. The Morgan fingerprint density at radius 2 is 1.82 bits per heavy atom. The van der Waals surface area contributed by atoms with Crippen LogP contribution in [0.4, 0.5) is 0 Å². The highest BCUT2D eigenvalue weighted by Crippen LogP contribution is 2.23. The van der Waals surface area contributed by atoms with E-state index in [0.717, 1.165) is 19.3 Å². The fourth-order valence-corrected chi connectivity index (χ4v) is 2.11. The Labute approximate surface area is 99.8 Å². The maximum atomic E-state index is 11.4. The number of unbranched alkanes of at least 4 members (excludes halogenated alkanes) is 3. The van der Waals surface area contributed by atoms with Gasteiger partial charge in [-0.15, -0.1) is 0 Å². The van der Waals surface area contributed by atoms with Crippen molar-refractivity contribution in [3.8, 4) is 0 Å².